The number of methoxy groups -OCH3 is 2. The van der Waals surface area contributed by atoms with Gasteiger partial charge in [0.1, 0.15) is 11.5 Å². The highest BCUT2D eigenvalue weighted by molar-refractivity contribution is 5.39. The zero-order chi connectivity index (χ0) is 24.7. The lowest BCUT2D eigenvalue weighted by atomic mass is 9.72. The first-order chi connectivity index (χ1) is 15.4. The smallest absolute Gasteiger partial charge is 0.118 e. The van der Waals surface area contributed by atoms with E-state index in [-0.39, 0.29) is 10.8 Å². The van der Waals surface area contributed by atoms with Gasteiger partial charge in [-0.05, 0) is 58.2 Å². The molecule has 0 unspecified atom stereocenters. The van der Waals surface area contributed by atoms with Crippen molar-refractivity contribution in [3.05, 3.63) is 95.6 Å². The van der Waals surface area contributed by atoms with Gasteiger partial charge in [0, 0.05) is 5.41 Å². The van der Waals surface area contributed by atoms with Crippen molar-refractivity contribution in [1.29, 1.82) is 0 Å². The SMILES string of the molecule is COc1ccc(C(C)(C)CC(C)(C)C)cc1.COc1ccc(C(C)(C)c2ccccc2)cc1. The number of ether oxygens (including phenoxy) is 2. The topological polar surface area (TPSA) is 18.5 Å². The van der Waals surface area contributed by atoms with Gasteiger partial charge in [-0.3, -0.25) is 0 Å². The van der Waals surface area contributed by atoms with Crippen LogP contribution < -0.4 is 9.47 Å². The van der Waals surface area contributed by atoms with E-state index >= 15 is 0 Å². The third-order valence-electron chi connectivity index (χ3n) is 6.15. The summed E-state index contributed by atoms with van der Waals surface area (Å²) in [4.78, 5) is 0. The Morgan fingerprint density at radius 2 is 0.909 bits per heavy atom. The van der Waals surface area contributed by atoms with Gasteiger partial charge in [0.15, 0.2) is 0 Å². The average molecular weight is 447 g/mol. The van der Waals surface area contributed by atoms with Crippen LogP contribution in [0.2, 0.25) is 0 Å². The number of hydrogen-bond acceptors (Lipinski definition) is 2. The molecule has 0 saturated heterocycles. The highest BCUT2D eigenvalue weighted by Crippen LogP contribution is 2.36. The van der Waals surface area contributed by atoms with Crippen molar-refractivity contribution >= 4 is 0 Å². The Morgan fingerprint density at radius 3 is 1.30 bits per heavy atom. The Labute approximate surface area is 202 Å². The van der Waals surface area contributed by atoms with Crippen LogP contribution in [-0.2, 0) is 10.8 Å². The summed E-state index contributed by atoms with van der Waals surface area (Å²) in [5.74, 6) is 1.83. The minimum atomic E-state index is 0.0214. The molecule has 3 aromatic rings. The van der Waals surface area contributed by atoms with Crippen LogP contribution in [0.5, 0.6) is 11.5 Å². The standard InChI is InChI=1S/C16H18O.C15H24O/c1-16(2,13-7-5-4-6-8-13)14-9-11-15(17-3)12-10-14;1-14(2,3)11-15(4,5)12-7-9-13(16-6)10-8-12/h4-12H,1-3H3;7-10H,11H2,1-6H3. The Kier molecular flexibility index (Phi) is 8.77. The van der Waals surface area contributed by atoms with Crippen LogP contribution in [0.1, 0.15) is 71.6 Å². The van der Waals surface area contributed by atoms with Crippen molar-refractivity contribution < 1.29 is 9.47 Å². The molecule has 0 fully saturated rings. The molecule has 0 bridgehead atoms. The number of hydrogen-bond donors (Lipinski definition) is 0. The molecule has 3 rings (SSSR count). The minimum absolute atomic E-state index is 0.0214. The molecule has 0 radical (unpaired) electrons. The van der Waals surface area contributed by atoms with Crippen molar-refractivity contribution in [3.63, 3.8) is 0 Å². The van der Waals surface area contributed by atoms with Crippen LogP contribution in [0.4, 0.5) is 0 Å². The molecule has 0 heterocycles. The van der Waals surface area contributed by atoms with Crippen LogP contribution in [0.25, 0.3) is 0 Å². The normalized spacial score (nSPS) is 11.9. The van der Waals surface area contributed by atoms with Crippen molar-refractivity contribution in [1.82, 2.24) is 0 Å². The fourth-order valence-corrected chi connectivity index (χ4v) is 4.50. The van der Waals surface area contributed by atoms with E-state index in [0.717, 1.165) is 11.5 Å². The van der Waals surface area contributed by atoms with Crippen LogP contribution in [-0.4, -0.2) is 14.2 Å². The molecular formula is C31H42O2. The molecular weight excluding hydrogens is 404 g/mol. The minimum Gasteiger partial charge on any atom is -0.497 e. The molecule has 2 heteroatoms. The second-order valence-electron chi connectivity index (χ2n) is 11.1. The Balaban J connectivity index is 0.000000234. The predicted molar refractivity (Wildman–Crippen MR) is 142 cm³/mol. The lowest BCUT2D eigenvalue weighted by Crippen LogP contribution is -2.24. The summed E-state index contributed by atoms with van der Waals surface area (Å²) in [7, 11) is 3.40. The first-order valence-corrected chi connectivity index (χ1v) is 11.7. The van der Waals surface area contributed by atoms with Crippen LogP contribution in [0.15, 0.2) is 78.9 Å². The quantitative estimate of drug-likeness (QED) is 0.378. The van der Waals surface area contributed by atoms with Gasteiger partial charge in [0.05, 0.1) is 14.2 Å². The van der Waals surface area contributed by atoms with Crippen LogP contribution in [0.3, 0.4) is 0 Å². The van der Waals surface area contributed by atoms with E-state index in [9.17, 15) is 0 Å². The third-order valence-corrected chi connectivity index (χ3v) is 6.15. The van der Waals surface area contributed by atoms with E-state index in [1.807, 2.05) is 30.3 Å². The summed E-state index contributed by atoms with van der Waals surface area (Å²) < 4.78 is 10.4. The lowest BCUT2D eigenvalue weighted by molar-refractivity contribution is 0.284. The molecule has 0 amide bonds. The second-order valence-corrected chi connectivity index (χ2v) is 11.1. The van der Waals surface area contributed by atoms with Gasteiger partial charge in [0.25, 0.3) is 0 Å². The molecule has 0 aliphatic rings. The van der Waals surface area contributed by atoms with E-state index in [4.69, 9.17) is 9.47 Å². The van der Waals surface area contributed by atoms with Crippen molar-refractivity contribution in [3.8, 4) is 11.5 Å². The fourth-order valence-electron chi connectivity index (χ4n) is 4.50. The highest BCUT2D eigenvalue weighted by Gasteiger charge is 2.27. The predicted octanol–water partition coefficient (Wildman–Crippen LogP) is 8.43. The number of rotatable bonds is 6. The first-order valence-electron chi connectivity index (χ1n) is 11.7. The van der Waals surface area contributed by atoms with Crippen molar-refractivity contribution in [2.24, 2.45) is 5.41 Å². The van der Waals surface area contributed by atoms with Crippen molar-refractivity contribution in [2.75, 3.05) is 14.2 Å². The fraction of sp³-hybridized carbons (Fsp3) is 0.419. The highest BCUT2D eigenvalue weighted by atomic mass is 16.5. The van der Waals surface area contributed by atoms with E-state index < -0.39 is 0 Å². The Hall–Kier alpha value is -2.74. The molecule has 0 N–H and O–H groups in total. The zero-order valence-electron chi connectivity index (χ0n) is 22.0. The first kappa shape index (κ1) is 26.5. The maximum absolute atomic E-state index is 5.19. The zero-order valence-corrected chi connectivity index (χ0v) is 22.0. The maximum atomic E-state index is 5.19. The van der Waals surface area contributed by atoms with Gasteiger partial charge in [-0.2, -0.15) is 0 Å². The van der Waals surface area contributed by atoms with E-state index in [1.54, 1.807) is 14.2 Å². The van der Waals surface area contributed by atoms with Gasteiger partial charge in [0.2, 0.25) is 0 Å². The largest absolute Gasteiger partial charge is 0.497 e. The average Bonchev–Trinajstić information content (AvgIpc) is 2.78. The van der Waals surface area contributed by atoms with Crippen LogP contribution in [0, 0.1) is 5.41 Å². The summed E-state index contributed by atoms with van der Waals surface area (Å²) in [5, 5.41) is 0. The molecule has 3 aromatic carbocycles. The Bertz CT molecular complexity index is 960. The van der Waals surface area contributed by atoms with Gasteiger partial charge >= 0.3 is 0 Å². The molecule has 0 saturated carbocycles. The Morgan fingerprint density at radius 1 is 0.515 bits per heavy atom. The molecule has 178 valence electrons. The molecule has 0 aromatic heterocycles. The maximum Gasteiger partial charge on any atom is 0.118 e. The summed E-state index contributed by atoms with van der Waals surface area (Å²) in [6, 6.07) is 27.3. The second kappa shape index (κ2) is 10.9. The van der Waals surface area contributed by atoms with Gasteiger partial charge in [-0.1, -0.05) is 103 Å². The molecule has 0 spiro atoms. The molecule has 2 nitrogen and oxygen atoms in total. The van der Waals surface area contributed by atoms with E-state index in [2.05, 4.69) is 97.0 Å². The van der Waals surface area contributed by atoms with Crippen LogP contribution >= 0.6 is 0 Å². The molecule has 33 heavy (non-hydrogen) atoms. The summed E-state index contributed by atoms with van der Waals surface area (Å²) >= 11 is 0. The van der Waals surface area contributed by atoms with E-state index in [1.165, 1.54) is 23.1 Å². The van der Waals surface area contributed by atoms with E-state index in [0.29, 0.717) is 5.41 Å². The van der Waals surface area contributed by atoms with Gasteiger partial charge in [-0.15, -0.1) is 0 Å². The molecule has 0 aliphatic carbocycles. The van der Waals surface area contributed by atoms with Crippen molar-refractivity contribution in [2.45, 2.75) is 65.7 Å². The summed E-state index contributed by atoms with van der Waals surface area (Å²) in [6.45, 7) is 16.0. The lowest BCUT2D eigenvalue weighted by Gasteiger charge is -2.33. The summed E-state index contributed by atoms with van der Waals surface area (Å²) in [6.07, 6.45) is 1.17. The number of benzene rings is 3. The summed E-state index contributed by atoms with van der Waals surface area (Å²) in [5.41, 5.74) is 4.58. The van der Waals surface area contributed by atoms with Gasteiger partial charge in [-0.25, -0.2) is 0 Å². The molecule has 0 atom stereocenters. The monoisotopic (exact) mass is 446 g/mol. The van der Waals surface area contributed by atoms with Gasteiger partial charge < -0.3 is 9.47 Å². The third kappa shape index (κ3) is 7.67. The molecule has 0 aliphatic heterocycles.